The van der Waals surface area contributed by atoms with Gasteiger partial charge in [-0.25, -0.2) is 4.39 Å². The summed E-state index contributed by atoms with van der Waals surface area (Å²) >= 11 is 9.53. The van der Waals surface area contributed by atoms with Crippen LogP contribution in [0.1, 0.15) is 0 Å². The van der Waals surface area contributed by atoms with Crippen molar-refractivity contribution in [2.75, 3.05) is 5.73 Å². The van der Waals surface area contributed by atoms with Gasteiger partial charge in [0, 0.05) is 16.2 Å². The van der Waals surface area contributed by atoms with E-state index in [0.29, 0.717) is 32.3 Å². The van der Waals surface area contributed by atoms with Crippen molar-refractivity contribution in [3.8, 4) is 17.1 Å². The molecule has 0 aliphatic rings. The van der Waals surface area contributed by atoms with Crippen LogP contribution in [0.4, 0.5) is 10.1 Å². The molecule has 3 rings (SSSR count). The Morgan fingerprint density at radius 3 is 2.81 bits per heavy atom. The van der Waals surface area contributed by atoms with Crippen molar-refractivity contribution >= 4 is 33.2 Å². The minimum Gasteiger partial charge on any atom is -0.398 e. The van der Waals surface area contributed by atoms with Crippen molar-refractivity contribution in [1.82, 2.24) is 20.2 Å². The third-order valence-electron chi connectivity index (χ3n) is 2.88. The summed E-state index contributed by atoms with van der Waals surface area (Å²) in [5.74, 6) is -0.0637. The number of rotatable bonds is 2. The summed E-state index contributed by atoms with van der Waals surface area (Å²) in [7, 11) is 0. The van der Waals surface area contributed by atoms with Crippen LogP contribution < -0.4 is 5.73 Å². The molecule has 0 atom stereocenters. The summed E-state index contributed by atoms with van der Waals surface area (Å²) in [6, 6.07) is 9.34. The molecule has 0 spiro atoms. The van der Waals surface area contributed by atoms with Crippen molar-refractivity contribution in [1.29, 1.82) is 0 Å². The second-order valence-electron chi connectivity index (χ2n) is 4.21. The van der Waals surface area contributed by atoms with E-state index >= 15 is 0 Å². The lowest BCUT2D eigenvalue weighted by Gasteiger charge is -2.10. The molecule has 0 saturated heterocycles. The zero-order valence-electron chi connectivity index (χ0n) is 10.5. The van der Waals surface area contributed by atoms with E-state index in [1.807, 2.05) is 0 Å². The highest BCUT2D eigenvalue weighted by molar-refractivity contribution is 9.10. The van der Waals surface area contributed by atoms with Crippen LogP contribution in [0.5, 0.6) is 0 Å². The van der Waals surface area contributed by atoms with Crippen LogP contribution in [-0.4, -0.2) is 20.2 Å². The van der Waals surface area contributed by atoms with E-state index in [9.17, 15) is 4.39 Å². The number of nitrogens with zero attached hydrogens (tertiary/aromatic N) is 4. The molecule has 2 aromatic carbocycles. The van der Waals surface area contributed by atoms with Gasteiger partial charge in [-0.2, -0.15) is 4.68 Å². The van der Waals surface area contributed by atoms with Gasteiger partial charge in [0.2, 0.25) is 0 Å². The van der Waals surface area contributed by atoms with E-state index in [1.165, 1.54) is 16.8 Å². The Morgan fingerprint density at radius 1 is 1.24 bits per heavy atom. The number of hydrogen-bond acceptors (Lipinski definition) is 4. The predicted molar refractivity (Wildman–Crippen MR) is 81.7 cm³/mol. The standard InChI is InChI=1S/C13H8BrClFN5/c14-8-5-4-7(16)6-11(8)21-13(18-19-20-21)12-9(15)2-1-3-10(12)17/h1-6H,17H2. The average molecular weight is 369 g/mol. The summed E-state index contributed by atoms with van der Waals surface area (Å²) in [5.41, 5.74) is 7.34. The first-order chi connectivity index (χ1) is 10.1. The molecule has 0 fully saturated rings. The highest BCUT2D eigenvalue weighted by Gasteiger charge is 2.18. The van der Waals surface area contributed by atoms with Crippen molar-refractivity contribution in [2.45, 2.75) is 0 Å². The molecule has 5 nitrogen and oxygen atoms in total. The minimum atomic E-state index is -0.401. The Hall–Kier alpha value is -1.99. The van der Waals surface area contributed by atoms with Crippen LogP contribution in [0.3, 0.4) is 0 Å². The predicted octanol–water partition coefficient (Wildman–Crippen LogP) is 3.47. The van der Waals surface area contributed by atoms with Crippen LogP contribution in [0.2, 0.25) is 5.02 Å². The number of nitrogens with two attached hydrogens (primary N) is 1. The van der Waals surface area contributed by atoms with Crippen LogP contribution >= 0.6 is 27.5 Å². The topological polar surface area (TPSA) is 69.6 Å². The molecule has 106 valence electrons. The molecule has 0 unspecified atom stereocenters. The zero-order chi connectivity index (χ0) is 15.0. The van der Waals surface area contributed by atoms with Crippen LogP contribution in [0, 0.1) is 5.82 Å². The normalized spacial score (nSPS) is 10.8. The number of benzene rings is 2. The average Bonchev–Trinajstić information content (AvgIpc) is 2.90. The molecule has 0 saturated carbocycles. The lowest BCUT2D eigenvalue weighted by atomic mass is 10.1. The van der Waals surface area contributed by atoms with E-state index in [0.717, 1.165) is 0 Å². The van der Waals surface area contributed by atoms with Crippen molar-refractivity contribution in [3.63, 3.8) is 0 Å². The number of anilines is 1. The molecule has 0 aliphatic heterocycles. The number of tetrazole rings is 1. The first-order valence-corrected chi connectivity index (χ1v) is 7.03. The first-order valence-electron chi connectivity index (χ1n) is 5.86. The second kappa shape index (κ2) is 5.42. The Bertz CT molecular complexity index is 800. The van der Waals surface area contributed by atoms with Gasteiger partial charge in [0.05, 0.1) is 16.3 Å². The van der Waals surface area contributed by atoms with Gasteiger partial charge in [0.25, 0.3) is 0 Å². The summed E-state index contributed by atoms with van der Waals surface area (Å²) in [6.07, 6.45) is 0. The Kier molecular flexibility index (Phi) is 3.60. The van der Waals surface area contributed by atoms with Gasteiger partial charge in [-0.1, -0.05) is 17.7 Å². The molecular formula is C13H8BrClFN5. The summed E-state index contributed by atoms with van der Waals surface area (Å²) < 4.78 is 15.5. The fraction of sp³-hybridized carbons (Fsp3) is 0. The number of halogens is 3. The molecule has 1 aromatic heterocycles. The molecule has 0 amide bonds. The van der Waals surface area contributed by atoms with E-state index in [-0.39, 0.29) is 0 Å². The molecule has 0 radical (unpaired) electrons. The van der Waals surface area contributed by atoms with E-state index in [4.69, 9.17) is 17.3 Å². The quantitative estimate of drug-likeness (QED) is 0.703. The zero-order valence-corrected chi connectivity index (χ0v) is 12.8. The fourth-order valence-electron chi connectivity index (χ4n) is 1.93. The molecular weight excluding hydrogens is 361 g/mol. The third-order valence-corrected chi connectivity index (χ3v) is 3.86. The lowest BCUT2D eigenvalue weighted by Crippen LogP contribution is -2.03. The van der Waals surface area contributed by atoms with E-state index in [1.54, 1.807) is 24.3 Å². The second-order valence-corrected chi connectivity index (χ2v) is 5.48. The molecule has 0 aliphatic carbocycles. The third kappa shape index (κ3) is 2.50. The Balaban J connectivity index is 2.25. The summed E-state index contributed by atoms with van der Waals surface area (Å²) in [6.45, 7) is 0. The Morgan fingerprint density at radius 2 is 2.05 bits per heavy atom. The van der Waals surface area contributed by atoms with Gasteiger partial charge in [-0.05, 0) is 50.6 Å². The number of aromatic nitrogens is 4. The van der Waals surface area contributed by atoms with E-state index < -0.39 is 5.82 Å². The largest absolute Gasteiger partial charge is 0.398 e. The molecule has 21 heavy (non-hydrogen) atoms. The van der Waals surface area contributed by atoms with Crippen LogP contribution in [0.25, 0.3) is 17.1 Å². The van der Waals surface area contributed by atoms with Gasteiger partial charge in [-0.3, -0.25) is 0 Å². The molecule has 8 heteroatoms. The van der Waals surface area contributed by atoms with Crippen LogP contribution in [0.15, 0.2) is 40.9 Å². The molecule has 0 bridgehead atoms. The summed E-state index contributed by atoms with van der Waals surface area (Å²) in [5, 5.41) is 11.9. The van der Waals surface area contributed by atoms with Gasteiger partial charge in [0.1, 0.15) is 5.82 Å². The van der Waals surface area contributed by atoms with Gasteiger partial charge in [-0.15, -0.1) is 5.10 Å². The highest BCUT2D eigenvalue weighted by Crippen LogP contribution is 2.33. The number of nitrogen functional groups attached to an aromatic ring is 1. The summed E-state index contributed by atoms with van der Waals surface area (Å²) in [4.78, 5) is 0. The van der Waals surface area contributed by atoms with Crippen molar-refractivity contribution in [3.05, 3.63) is 51.7 Å². The van der Waals surface area contributed by atoms with Crippen LogP contribution in [-0.2, 0) is 0 Å². The lowest BCUT2D eigenvalue weighted by molar-refractivity contribution is 0.624. The van der Waals surface area contributed by atoms with Gasteiger partial charge < -0.3 is 5.73 Å². The first kappa shape index (κ1) is 14.0. The minimum absolute atomic E-state index is 0.337. The highest BCUT2D eigenvalue weighted by atomic mass is 79.9. The Labute approximate surface area is 132 Å². The van der Waals surface area contributed by atoms with Gasteiger partial charge in [0.15, 0.2) is 5.82 Å². The molecule has 1 heterocycles. The monoisotopic (exact) mass is 367 g/mol. The maximum atomic E-state index is 13.5. The van der Waals surface area contributed by atoms with Crippen molar-refractivity contribution in [2.24, 2.45) is 0 Å². The van der Waals surface area contributed by atoms with E-state index in [2.05, 4.69) is 31.5 Å². The molecule has 2 N–H and O–H groups in total. The maximum Gasteiger partial charge on any atom is 0.190 e. The van der Waals surface area contributed by atoms with Crippen molar-refractivity contribution < 1.29 is 4.39 Å². The maximum absolute atomic E-state index is 13.5. The molecule has 3 aromatic rings. The SMILES string of the molecule is Nc1cccc(Cl)c1-c1nnnn1-c1cc(F)ccc1Br. The number of hydrogen-bond donors (Lipinski definition) is 1. The smallest absolute Gasteiger partial charge is 0.190 e. The van der Waals surface area contributed by atoms with Gasteiger partial charge >= 0.3 is 0 Å². The fourth-order valence-corrected chi connectivity index (χ4v) is 2.61.